The Bertz CT molecular complexity index is 2510. The number of nitrogens with zero attached hydrogens (tertiary/aromatic N) is 3. The fourth-order valence-corrected chi connectivity index (χ4v) is 10.9. The highest BCUT2D eigenvalue weighted by Gasteiger charge is 2.62. The van der Waals surface area contributed by atoms with Crippen LogP contribution in [0, 0.1) is 29.0 Å². The van der Waals surface area contributed by atoms with Gasteiger partial charge >= 0.3 is 6.09 Å². The van der Waals surface area contributed by atoms with E-state index in [4.69, 9.17) is 19.2 Å². The Morgan fingerprint density at radius 1 is 1.08 bits per heavy atom. The van der Waals surface area contributed by atoms with Crippen molar-refractivity contribution < 1.29 is 51.3 Å². The van der Waals surface area contributed by atoms with Crippen LogP contribution >= 0.6 is 0 Å². The van der Waals surface area contributed by atoms with Crippen molar-refractivity contribution in [3.63, 3.8) is 0 Å². The number of halogens is 1. The molecular formula is C48H60FN5O10S. The van der Waals surface area contributed by atoms with Gasteiger partial charge in [0.25, 0.3) is 5.91 Å². The molecule has 1 saturated heterocycles. The molecule has 0 unspecified atom stereocenters. The van der Waals surface area contributed by atoms with E-state index in [1.165, 1.54) is 29.0 Å². The topological polar surface area (TPSA) is 194 Å². The van der Waals surface area contributed by atoms with Gasteiger partial charge in [0.1, 0.15) is 29.5 Å². The molecule has 3 heterocycles. The maximum Gasteiger partial charge on any atom is 0.408 e. The first kappa shape index (κ1) is 46.1. The number of aromatic nitrogens is 1. The monoisotopic (exact) mass is 917 g/mol. The second-order valence-corrected chi connectivity index (χ2v) is 21.6. The molecule has 3 N–H and O–H groups in total. The summed E-state index contributed by atoms with van der Waals surface area (Å²) in [5.41, 5.74) is -1.07. The third-order valence-corrected chi connectivity index (χ3v) is 15.5. The second-order valence-electron chi connectivity index (χ2n) is 19.6. The zero-order valence-electron chi connectivity index (χ0n) is 37.8. The largest absolute Gasteiger partial charge is 0.497 e. The van der Waals surface area contributed by atoms with Crippen LogP contribution in [-0.4, -0.2) is 107 Å². The van der Waals surface area contributed by atoms with Crippen LogP contribution in [0.3, 0.4) is 0 Å². The molecule has 350 valence electrons. The molecule has 65 heavy (non-hydrogen) atoms. The van der Waals surface area contributed by atoms with Gasteiger partial charge < -0.3 is 29.5 Å². The molecule has 8 rings (SSSR count). The third-order valence-electron chi connectivity index (χ3n) is 13.7. The lowest BCUT2D eigenvalue weighted by Crippen LogP contribution is -2.60. The molecule has 0 bridgehead atoms. The fraction of sp³-hybridized carbons (Fsp3) is 0.562. The number of nitrogens with one attached hydrogen (secondary N) is 2. The Morgan fingerprint density at radius 2 is 1.83 bits per heavy atom. The van der Waals surface area contributed by atoms with Crippen molar-refractivity contribution in [2.24, 2.45) is 23.2 Å². The maximum atomic E-state index is 15.4. The Hall–Kier alpha value is -5.45. The van der Waals surface area contributed by atoms with Crippen molar-refractivity contribution in [2.75, 3.05) is 20.2 Å². The summed E-state index contributed by atoms with van der Waals surface area (Å²) in [6.07, 6.45) is 5.90. The smallest absolute Gasteiger partial charge is 0.408 e. The number of carbonyl (C=O) groups excluding carboxylic acids is 3. The van der Waals surface area contributed by atoms with Crippen molar-refractivity contribution in [3.05, 3.63) is 60.4 Å². The zero-order valence-corrected chi connectivity index (χ0v) is 38.7. The van der Waals surface area contributed by atoms with Crippen LogP contribution in [0.2, 0.25) is 0 Å². The van der Waals surface area contributed by atoms with Gasteiger partial charge in [-0.15, -0.1) is 0 Å². The van der Waals surface area contributed by atoms with Crippen LogP contribution in [0.4, 0.5) is 9.18 Å². The van der Waals surface area contributed by atoms with Crippen molar-refractivity contribution in [3.8, 4) is 28.6 Å². The zero-order chi connectivity index (χ0) is 46.6. The van der Waals surface area contributed by atoms with Gasteiger partial charge in [-0.2, -0.15) is 0 Å². The van der Waals surface area contributed by atoms with Crippen LogP contribution in [0.5, 0.6) is 17.4 Å². The van der Waals surface area contributed by atoms with Crippen LogP contribution in [0.1, 0.15) is 92.4 Å². The third kappa shape index (κ3) is 9.90. The van der Waals surface area contributed by atoms with Gasteiger partial charge in [0.05, 0.1) is 30.7 Å². The molecule has 4 amide bonds. The van der Waals surface area contributed by atoms with Gasteiger partial charge in [-0.1, -0.05) is 32.9 Å². The van der Waals surface area contributed by atoms with Gasteiger partial charge in [-0.25, -0.2) is 22.6 Å². The van der Waals surface area contributed by atoms with E-state index in [1.807, 2.05) is 26.0 Å². The predicted molar refractivity (Wildman–Crippen MR) is 240 cm³/mol. The molecule has 17 heteroatoms. The number of carboxylic acid groups (broad SMARTS) is 1. The summed E-state index contributed by atoms with van der Waals surface area (Å²) in [5.74, 6) is -2.74. The molecule has 0 spiro atoms. The molecule has 0 radical (unpaired) electrons. The number of hydrogen-bond acceptors (Lipinski definition) is 10. The molecular weight excluding hydrogens is 858 g/mol. The van der Waals surface area contributed by atoms with Crippen molar-refractivity contribution >= 4 is 44.6 Å². The van der Waals surface area contributed by atoms with E-state index >= 15 is 9.18 Å². The number of ether oxygens (including phenoxy) is 3. The van der Waals surface area contributed by atoms with Crippen LogP contribution in [-0.2, 0) is 24.4 Å². The summed E-state index contributed by atoms with van der Waals surface area (Å²) >= 11 is 0. The first-order chi connectivity index (χ1) is 30.8. The number of hydrogen-bond donors (Lipinski definition) is 3. The SMILES string of the molecule is COc1ccc2c(O[C@@H]3C[C@H]4C(=O)N[C@]5(C(=O)NS(=O)(=O)C6CC6)C[C@H]5C=CCC[C@H](C)C[C@@H](C)[C@H](N(CC5(C)CC5)C(=O)O)C(=O)N4C3)nc(-c3ccc(OC(C)C)c(F)c3)cc2c1. The quantitative estimate of drug-likeness (QED) is 0.161. The first-order valence-electron chi connectivity index (χ1n) is 22.8. The minimum Gasteiger partial charge on any atom is -0.497 e. The number of sulfonamides is 1. The first-order valence-corrected chi connectivity index (χ1v) is 24.3. The highest BCUT2D eigenvalue weighted by Crippen LogP contribution is 2.48. The van der Waals surface area contributed by atoms with E-state index in [0.29, 0.717) is 53.5 Å². The summed E-state index contributed by atoms with van der Waals surface area (Å²) in [5, 5.41) is 14.2. The number of fused-ring (bicyclic) bond motifs is 3. The van der Waals surface area contributed by atoms with Crippen LogP contribution in [0.15, 0.2) is 54.6 Å². The number of pyridine rings is 1. The molecule has 3 aliphatic carbocycles. The molecule has 15 nitrogen and oxygen atoms in total. The molecule has 7 atom stereocenters. The number of amides is 4. The van der Waals surface area contributed by atoms with E-state index in [-0.39, 0.29) is 55.0 Å². The van der Waals surface area contributed by atoms with E-state index < -0.39 is 80.5 Å². The average Bonchev–Trinajstić information content (AvgIpc) is 4.19. The van der Waals surface area contributed by atoms with Gasteiger partial charge in [0, 0.05) is 29.8 Å². The van der Waals surface area contributed by atoms with Gasteiger partial charge in [0.15, 0.2) is 11.6 Å². The summed E-state index contributed by atoms with van der Waals surface area (Å²) in [6.45, 7) is 9.55. The molecule has 1 aromatic heterocycles. The van der Waals surface area contributed by atoms with Gasteiger partial charge in [-0.05, 0) is 130 Å². The number of allylic oxidation sites excluding steroid dienone is 1. The minimum absolute atomic E-state index is 0.0716. The second kappa shape index (κ2) is 17.7. The fourth-order valence-electron chi connectivity index (χ4n) is 9.52. The Labute approximate surface area is 379 Å². The summed E-state index contributed by atoms with van der Waals surface area (Å²) < 4.78 is 61.6. The standard InChI is InChI=1S/C48H60FN5O10S/c1-27(2)63-40-16-11-30(21-37(40)49)38-22-31-20-33(62-6)12-15-36(31)43(50-38)64-34-23-39-42(55)51-48(45(57)52-65(60,61)35-13-14-35)24-32(48)10-8-7-9-28(3)19-29(4)41(44(56)53(39)25-34)54(46(58)59)26-47(5)17-18-47/h8,10-12,15-16,20-22,27-29,32,34-35,39,41H,7,9,13-14,17-19,23-26H2,1-6H3,(H,51,55)(H,52,57)(H,58,59)/t28-,29+,32+,34+,39-,41-,48+/m0/s1. The molecule has 3 aromatic rings. The van der Waals surface area contributed by atoms with E-state index in [9.17, 15) is 27.9 Å². The average molecular weight is 918 g/mol. The van der Waals surface area contributed by atoms with Gasteiger partial charge in [0.2, 0.25) is 27.7 Å². The van der Waals surface area contributed by atoms with E-state index in [1.54, 1.807) is 44.2 Å². The lowest BCUT2D eigenvalue weighted by atomic mass is 9.86. The van der Waals surface area contributed by atoms with E-state index in [0.717, 1.165) is 19.3 Å². The Balaban J connectivity index is 1.18. The summed E-state index contributed by atoms with van der Waals surface area (Å²) in [4.78, 5) is 64.9. The molecule has 2 aliphatic heterocycles. The minimum atomic E-state index is -3.97. The number of benzene rings is 2. The highest BCUT2D eigenvalue weighted by atomic mass is 32.2. The Morgan fingerprint density at radius 3 is 2.49 bits per heavy atom. The molecule has 5 aliphatic rings. The van der Waals surface area contributed by atoms with Crippen molar-refractivity contribution in [2.45, 2.75) is 127 Å². The molecule has 4 fully saturated rings. The molecule has 2 aromatic carbocycles. The van der Waals surface area contributed by atoms with Crippen LogP contribution < -0.4 is 24.2 Å². The van der Waals surface area contributed by atoms with E-state index in [2.05, 4.69) is 17.0 Å². The lowest BCUT2D eigenvalue weighted by Gasteiger charge is -2.38. The number of methoxy groups -OCH3 is 1. The molecule has 3 saturated carbocycles. The normalized spacial score (nSPS) is 27.7. The van der Waals surface area contributed by atoms with Gasteiger partial charge in [-0.3, -0.25) is 24.0 Å². The Kier molecular flexibility index (Phi) is 12.6. The summed E-state index contributed by atoms with van der Waals surface area (Å²) in [7, 11) is -2.43. The maximum absolute atomic E-state index is 15.4. The summed E-state index contributed by atoms with van der Waals surface area (Å²) in [6, 6.07) is 9.23. The van der Waals surface area contributed by atoms with Crippen LogP contribution in [0.25, 0.3) is 22.0 Å². The number of rotatable bonds is 12. The predicted octanol–water partition coefficient (Wildman–Crippen LogP) is 6.83. The van der Waals surface area contributed by atoms with Crippen molar-refractivity contribution in [1.29, 1.82) is 0 Å². The number of carbonyl (C=O) groups is 4. The van der Waals surface area contributed by atoms with Crippen molar-refractivity contribution in [1.82, 2.24) is 24.8 Å². The lowest BCUT2D eigenvalue weighted by molar-refractivity contribution is -0.144. The highest BCUT2D eigenvalue weighted by molar-refractivity contribution is 7.91.